The molecule has 2 rings (SSSR count). The molecule has 0 bridgehead atoms. The molecule has 4 heteroatoms. The number of hydrogen-bond donors (Lipinski definition) is 1. The fourth-order valence-corrected chi connectivity index (χ4v) is 4.19. The van der Waals surface area contributed by atoms with E-state index < -0.39 is 0 Å². The fraction of sp³-hybridized carbons (Fsp3) is 0.688. The first-order valence-electron chi connectivity index (χ1n) is 7.69. The summed E-state index contributed by atoms with van der Waals surface area (Å²) in [6.45, 7) is 3.35. The maximum absolute atomic E-state index is 4.53. The molecule has 1 saturated heterocycles. The van der Waals surface area contributed by atoms with Crippen LogP contribution < -0.4 is 5.32 Å². The van der Waals surface area contributed by atoms with E-state index in [4.69, 9.17) is 0 Å². The van der Waals surface area contributed by atoms with Gasteiger partial charge in [-0.05, 0) is 77.7 Å². The molecule has 2 nitrogen and oxygen atoms in total. The Balaban J connectivity index is 1.89. The van der Waals surface area contributed by atoms with Crippen LogP contribution in [0.2, 0.25) is 0 Å². The Bertz CT molecular complexity index is 377. The molecule has 1 aromatic rings. The third kappa shape index (κ3) is 5.74. The molecule has 0 aliphatic carbocycles. The predicted octanol–water partition coefficient (Wildman–Crippen LogP) is 4.29. The van der Waals surface area contributed by atoms with Crippen molar-refractivity contribution in [2.45, 2.75) is 45.1 Å². The second kappa shape index (κ2) is 9.06. The largest absolute Gasteiger partial charge is 0.314 e. The standard InChI is InChI=1S/C16H25BrN2S/c1-2-7-18-16(10-13-5-8-20-9-6-13)11-15-4-3-14(17)12-19-15/h3-4,12-13,16,18H,2,5-11H2,1H3. The number of halogens is 1. The van der Waals surface area contributed by atoms with Gasteiger partial charge in [-0.3, -0.25) is 4.98 Å². The van der Waals surface area contributed by atoms with Crippen molar-refractivity contribution in [2.24, 2.45) is 5.92 Å². The monoisotopic (exact) mass is 356 g/mol. The molecule has 0 aromatic carbocycles. The van der Waals surface area contributed by atoms with Crippen LogP contribution in [-0.4, -0.2) is 29.1 Å². The maximum Gasteiger partial charge on any atom is 0.0419 e. The lowest BCUT2D eigenvalue weighted by Crippen LogP contribution is -2.34. The summed E-state index contributed by atoms with van der Waals surface area (Å²) in [7, 11) is 0. The Kier molecular flexibility index (Phi) is 7.39. The van der Waals surface area contributed by atoms with Crippen molar-refractivity contribution in [2.75, 3.05) is 18.1 Å². The predicted molar refractivity (Wildman–Crippen MR) is 92.4 cm³/mol. The van der Waals surface area contributed by atoms with Gasteiger partial charge in [-0.25, -0.2) is 0 Å². The van der Waals surface area contributed by atoms with Crippen LogP contribution in [0, 0.1) is 5.92 Å². The third-order valence-corrected chi connectivity index (χ3v) is 5.40. The van der Waals surface area contributed by atoms with Crippen LogP contribution in [0.4, 0.5) is 0 Å². The highest BCUT2D eigenvalue weighted by Crippen LogP contribution is 2.27. The molecule has 1 unspecified atom stereocenters. The average Bonchev–Trinajstić information content (AvgIpc) is 2.48. The van der Waals surface area contributed by atoms with E-state index in [9.17, 15) is 0 Å². The summed E-state index contributed by atoms with van der Waals surface area (Å²) < 4.78 is 1.06. The van der Waals surface area contributed by atoms with Crippen molar-refractivity contribution in [3.63, 3.8) is 0 Å². The molecule has 0 amide bonds. The van der Waals surface area contributed by atoms with E-state index in [1.807, 2.05) is 6.20 Å². The van der Waals surface area contributed by atoms with Gasteiger partial charge in [0.1, 0.15) is 0 Å². The number of thioether (sulfide) groups is 1. The molecule has 1 aliphatic rings. The van der Waals surface area contributed by atoms with Crippen LogP contribution in [0.1, 0.15) is 38.3 Å². The number of rotatable bonds is 7. The Morgan fingerprint density at radius 3 is 2.85 bits per heavy atom. The molecule has 1 fully saturated rings. The van der Waals surface area contributed by atoms with Gasteiger partial charge >= 0.3 is 0 Å². The van der Waals surface area contributed by atoms with Gasteiger partial charge in [0.2, 0.25) is 0 Å². The molecule has 112 valence electrons. The molecule has 1 N–H and O–H groups in total. The van der Waals surface area contributed by atoms with E-state index in [0.717, 1.165) is 23.4 Å². The fourth-order valence-electron chi connectivity index (χ4n) is 2.75. The van der Waals surface area contributed by atoms with E-state index in [1.54, 1.807) is 0 Å². The summed E-state index contributed by atoms with van der Waals surface area (Å²) in [6, 6.07) is 4.81. The normalized spacial score (nSPS) is 18.1. The lowest BCUT2D eigenvalue weighted by Gasteiger charge is -2.27. The van der Waals surface area contributed by atoms with Gasteiger partial charge in [-0.15, -0.1) is 0 Å². The highest BCUT2D eigenvalue weighted by atomic mass is 79.9. The Morgan fingerprint density at radius 2 is 2.20 bits per heavy atom. The van der Waals surface area contributed by atoms with Crippen molar-refractivity contribution in [3.05, 3.63) is 28.5 Å². The number of hydrogen-bond acceptors (Lipinski definition) is 3. The highest BCUT2D eigenvalue weighted by Gasteiger charge is 2.19. The van der Waals surface area contributed by atoms with Crippen molar-refractivity contribution >= 4 is 27.7 Å². The summed E-state index contributed by atoms with van der Waals surface area (Å²) in [5, 5.41) is 3.72. The van der Waals surface area contributed by atoms with Gasteiger partial charge in [0.15, 0.2) is 0 Å². The third-order valence-electron chi connectivity index (χ3n) is 3.89. The summed E-state index contributed by atoms with van der Waals surface area (Å²) in [5.41, 5.74) is 1.20. The van der Waals surface area contributed by atoms with E-state index in [0.29, 0.717) is 6.04 Å². The van der Waals surface area contributed by atoms with Crippen LogP contribution >= 0.6 is 27.7 Å². The lowest BCUT2D eigenvalue weighted by molar-refractivity contribution is 0.361. The van der Waals surface area contributed by atoms with Crippen molar-refractivity contribution < 1.29 is 0 Å². The van der Waals surface area contributed by atoms with Crippen molar-refractivity contribution in [1.29, 1.82) is 0 Å². The molecule has 0 radical (unpaired) electrons. The zero-order valence-electron chi connectivity index (χ0n) is 12.3. The molecule has 2 heterocycles. The van der Waals surface area contributed by atoms with Crippen LogP contribution in [0.25, 0.3) is 0 Å². The van der Waals surface area contributed by atoms with E-state index in [2.05, 4.69) is 57.0 Å². The van der Waals surface area contributed by atoms with Gasteiger partial charge < -0.3 is 5.32 Å². The second-order valence-electron chi connectivity index (χ2n) is 5.61. The van der Waals surface area contributed by atoms with E-state index in [1.165, 1.54) is 42.9 Å². The quantitative estimate of drug-likeness (QED) is 0.788. The van der Waals surface area contributed by atoms with Crippen molar-refractivity contribution in [1.82, 2.24) is 10.3 Å². The molecule has 20 heavy (non-hydrogen) atoms. The number of nitrogens with zero attached hydrogens (tertiary/aromatic N) is 1. The second-order valence-corrected chi connectivity index (χ2v) is 7.75. The Morgan fingerprint density at radius 1 is 1.40 bits per heavy atom. The Labute approximate surface area is 135 Å². The minimum absolute atomic E-state index is 0.580. The van der Waals surface area contributed by atoms with Gasteiger partial charge in [0.25, 0.3) is 0 Å². The molecule has 0 saturated carbocycles. The van der Waals surface area contributed by atoms with Gasteiger partial charge in [-0.1, -0.05) is 6.92 Å². The number of nitrogens with one attached hydrogen (secondary N) is 1. The van der Waals surface area contributed by atoms with Crippen LogP contribution in [0.3, 0.4) is 0 Å². The van der Waals surface area contributed by atoms with Gasteiger partial charge in [-0.2, -0.15) is 11.8 Å². The zero-order valence-corrected chi connectivity index (χ0v) is 14.7. The van der Waals surface area contributed by atoms with Crippen LogP contribution in [0.15, 0.2) is 22.8 Å². The summed E-state index contributed by atoms with van der Waals surface area (Å²) in [5.74, 6) is 3.60. The summed E-state index contributed by atoms with van der Waals surface area (Å²) >= 11 is 5.56. The topological polar surface area (TPSA) is 24.9 Å². The first-order chi connectivity index (χ1) is 9.78. The van der Waals surface area contributed by atoms with Gasteiger partial charge in [0, 0.05) is 28.8 Å². The SMILES string of the molecule is CCCNC(Cc1ccc(Br)cn1)CC1CCSCC1. The van der Waals surface area contributed by atoms with Gasteiger partial charge in [0.05, 0.1) is 0 Å². The zero-order chi connectivity index (χ0) is 14.2. The van der Waals surface area contributed by atoms with E-state index in [-0.39, 0.29) is 0 Å². The first kappa shape index (κ1) is 16.3. The highest BCUT2D eigenvalue weighted by molar-refractivity contribution is 9.10. The molecule has 1 atom stereocenters. The molecule has 1 aliphatic heterocycles. The average molecular weight is 357 g/mol. The maximum atomic E-state index is 4.53. The molecule has 0 spiro atoms. The van der Waals surface area contributed by atoms with Crippen molar-refractivity contribution in [3.8, 4) is 0 Å². The van der Waals surface area contributed by atoms with Crippen LogP contribution in [-0.2, 0) is 6.42 Å². The first-order valence-corrected chi connectivity index (χ1v) is 9.64. The molecular formula is C16H25BrN2S. The smallest absolute Gasteiger partial charge is 0.0419 e. The molecule has 1 aromatic heterocycles. The van der Waals surface area contributed by atoms with Crippen LogP contribution in [0.5, 0.6) is 0 Å². The summed E-state index contributed by atoms with van der Waals surface area (Å²) in [4.78, 5) is 4.53. The minimum Gasteiger partial charge on any atom is -0.314 e. The minimum atomic E-state index is 0.580. The van der Waals surface area contributed by atoms with E-state index >= 15 is 0 Å². The number of aromatic nitrogens is 1. The molecular weight excluding hydrogens is 332 g/mol. The number of pyridine rings is 1. The summed E-state index contributed by atoms with van der Waals surface area (Å²) in [6.07, 6.45) is 8.24. The Hall–Kier alpha value is -0.0600. The lowest BCUT2D eigenvalue weighted by atomic mass is 9.92.